The van der Waals surface area contributed by atoms with Crippen LogP contribution in [-0.4, -0.2) is 39.9 Å². The minimum Gasteiger partial charge on any atom is -0.348 e. The molecule has 1 amide bonds. The highest BCUT2D eigenvalue weighted by Crippen LogP contribution is 2.11. The predicted molar refractivity (Wildman–Crippen MR) is 60.8 cm³/mol. The Morgan fingerprint density at radius 1 is 1.75 bits per heavy atom. The molecule has 1 aromatic rings. The number of nitrogens with zero attached hydrogens (tertiary/aromatic N) is 2. The molecule has 1 aliphatic rings. The van der Waals surface area contributed by atoms with E-state index in [4.69, 9.17) is 5.73 Å². The summed E-state index contributed by atoms with van der Waals surface area (Å²) in [4.78, 5) is 20.9. The monoisotopic (exact) mass is 222 g/mol. The Morgan fingerprint density at radius 3 is 3.19 bits per heavy atom. The van der Waals surface area contributed by atoms with Crippen LogP contribution in [0.2, 0.25) is 0 Å². The molecule has 0 spiro atoms. The van der Waals surface area contributed by atoms with Crippen molar-refractivity contribution in [3.05, 3.63) is 17.7 Å². The number of aryl methyl sites for hydroxylation is 1. The van der Waals surface area contributed by atoms with Crippen LogP contribution in [0.15, 0.2) is 6.33 Å². The number of imidazole rings is 1. The van der Waals surface area contributed by atoms with Gasteiger partial charge in [-0.15, -0.1) is 0 Å². The fourth-order valence-corrected chi connectivity index (χ4v) is 2.06. The van der Waals surface area contributed by atoms with Gasteiger partial charge in [0.1, 0.15) is 0 Å². The summed E-state index contributed by atoms with van der Waals surface area (Å²) in [7, 11) is 0. The van der Waals surface area contributed by atoms with Crippen LogP contribution >= 0.6 is 0 Å². The van der Waals surface area contributed by atoms with Crippen LogP contribution in [-0.2, 0) is 11.2 Å². The van der Waals surface area contributed by atoms with Crippen LogP contribution in [0.25, 0.3) is 0 Å². The number of rotatable bonds is 2. The average molecular weight is 222 g/mol. The summed E-state index contributed by atoms with van der Waals surface area (Å²) in [5.41, 5.74) is 7.65. The summed E-state index contributed by atoms with van der Waals surface area (Å²) in [5.74, 6) is 0.130. The van der Waals surface area contributed by atoms with Gasteiger partial charge >= 0.3 is 0 Å². The molecule has 16 heavy (non-hydrogen) atoms. The maximum Gasteiger partial charge on any atom is 0.228 e. The molecular weight excluding hydrogens is 204 g/mol. The number of aromatic nitrogens is 2. The second-order valence-electron chi connectivity index (χ2n) is 4.39. The third-order valence-electron chi connectivity index (χ3n) is 3.06. The van der Waals surface area contributed by atoms with Crippen molar-refractivity contribution in [3.63, 3.8) is 0 Å². The number of amides is 1. The number of hydrogen-bond donors (Lipinski definition) is 2. The van der Waals surface area contributed by atoms with Gasteiger partial charge in [0.2, 0.25) is 5.91 Å². The van der Waals surface area contributed by atoms with Crippen LogP contribution in [0.1, 0.15) is 24.2 Å². The topological polar surface area (TPSA) is 75.0 Å². The van der Waals surface area contributed by atoms with E-state index in [1.165, 1.54) is 0 Å². The van der Waals surface area contributed by atoms with Crippen LogP contribution in [0.4, 0.5) is 0 Å². The van der Waals surface area contributed by atoms with Crippen molar-refractivity contribution >= 4 is 5.91 Å². The Balaban J connectivity index is 1.95. The molecule has 0 aromatic carbocycles. The Hall–Kier alpha value is -1.36. The van der Waals surface area contributed by atoms with Crippen molar-refractivity contribution in [3.8, 4) is 0 Å². The molecule has 1 aromatic heterocycles. The first-order valence-corrected chi connectivity index (χ1v) is 5.69. The van der Waals surface area contributed by atoms with Crippen molar-refractivity contribution in [2.24, 2.45) is 5.73 Å². The van der Waals surface area contributed by atoms with E-state index >= 15 is 0 Å². The lowest BCUT2D eigenvalue weighted by Gasteiger charge is -2.30. The van der Waals surface area contributed by atoms with Gasteiger partial charge in [0, 0.05) is 24.8 Å². The minimum absolute atomic E-state index is 0.130. The molecule has 1 fully saturated rings. The smallest absolute Gasteiger partial charge is 0.228 e. The maximum atomic E-state index is 12.0. The van der Waals surface area contributed by atoms with E-state index in [1.807, 2.05) is 11.8 Å². The summed E-state index contributed by atoms with van der Waals surface area (Å²) >= 11 is 0. The number of H-pyrrole nitrogens is 1. The van der Waals surface area contributed by atoms with Crippen molar-refractivity contribution in [2.45, 2.75) is 32.2 Å². The number of nitrogens with two attached hydrogens (primary N) is 1. The third-order valence-corrected chi connectivity index (χ3v) is 3.06. The van der Waals surface area contributed by atoms with E-state index in [-0.39, 0.29) is 11.9 Å². The van der Waals surface area contributed by atoms with Gasteiger partial charge in [0.05, 0.1) is 18.4 Å². The third kappa shape index (κ3) is 2.41. The van der Waals surface area contributed by atoms with E-state index in [2.05, 4.69) is 9.97 Å². The Bertz CT molecular complexity index is 374. The molecule has 0 radical (unpaired) electrons. The van der Waals surface area contributed by atoms with E-state index in [1.54, 1.807) is 6.33 Å². The lowest BCUT2D eigenvalue weighted by atomic mass is 10.1. The van der Waals surface area contributed by atoms with Crippen LogP contribution in [0, 0.1) is 6.92 Å². The largest absolute Gasteiger partial charge is 0.348 e. The Morgan fingerprint density at radius 2 is 2.56 bits per heavy atom. The molecule has 0 saturated carbocycles. The molecule has 5 nitrogen and oxygen atoms in total. The molecule has 1 aliphatic heterocycles. The summed E-state index contributed by atoms with van der Waals surface area (Å²) < 4.78 is 0. The quantitative estimate of drug-likeness (QED) is 0.751. The molecule has 0 unspecified atom stereocenters. The Labute approximate surface area is 95.0 Å². The van der Waals surface area contributed by atoms with Gasteiger partial charge in [-0.1, -0.05) is 0 Å². The van der Waals surface area contributed by atoms with Crippen LogP contribution in [0.5, 0.6) is 0 Å². The first-order valence-electron chi connectivity index (χ1n) is 5.69. The number of piperidine rings is 1. The second-order valence-corrected chi connectivity index (χ2v) is 4.39. The van der Waals surface area contributed by atoms with E-state index in [0.717, 1.165) is 30.8 Å². The molecule has 3 N–H and O–H groups in total. The highest BCUT2D eigenvalue weighted by atomic mass is 16.2. The summed E-state index contributed by atoms with van der Waals surface area (Å²) in [6.07, 6.45) is 4.03. The van der Waals surface area contributed by atoms with Gasteiger partial charge in [0.15, 0.2) is 0 Å². The standard InChI is InChI=1S/C11H18N4O/c1-8-10(14-7-13-8)5-11(16)15-4-2-3-9(12)6-15/h7,9H,2-6,12H2,1H3,(H,13,14)/t9-/m0/s1. The highest BCUT2D eigenvalue weighted by Gasteiger charge is 2.22. The number of carbonyl (C=O) groups is 1. The van der Waals surface area contributed by atoms with Gasteiger partial charge in [-0.3, -0.25) is 4.79 Å². The molecule has 5 heteroatoms. The molecule has 0 aliphatic carbocycles. The number of carbonyl (C=O) groups excluding carboxylic acids is 1. The zero-order chi connectivity index (χ0) is 11.5. The molecule has 1 atom stereocenters. The SMILES string of the molecule is Cc1[nH]cnc1CC(=O)N1CCC[C@H](N)C1. The number of nitrogens with one attached hydrogen (secondary N) is 1. The fraction of sp³-hybridized carbons (Fsp3) is 0.636. The fourth-order valence-electron chi connectivity index (χ4n) is 2.06. The number of aromatic amines is 1. The van der Waals surface area contributed by atoms with Gasteiger partial charge in [-0.05, 0) is 19.8 Å². The number of likely N-dealkylation sites (tertiary alicyclic amines) is 1. The number of hydrogen-bond acceptors (Lipinski definition) is 3. The lowest BCUT2D eigenvalue weighted by molar-refractivity contribution is -0.131. The molecule has 2 heterocycles. The van der Waals surface area contributed by atoms with Crippen LogP contribution in [0.3, 0.4) is 0 Å². The lowest BCUT2D eigenvalue weighted by Crippen LogP contribution is -2.46. The second kappa shape index (κ2) is 4.65. The first-order chi connectivity index (χ1) is 7.66. The van der Waals surface area contributed by atoms with E-state index < -0.39 is 0 Å². The van der Waals surface area contributed by atoms with Gasteiger partial charge in [0.25, 0.3) is 0 Å². The molecule has 88 valence electrons. The van der Waals surface area contributed by atoms with Crippen molar-refractivity contribution in [1.29, 1.82) is 0 Å². The van der Waals surface area contributed by atoms with Gasteiger partial charge < -0.3 is 15.6 Å². The van der Waals surface area contributed by atoms with Crippen molar-refractivity contribution < 1.29 is 4.79 Å². The summed E-state index contributed by atoms with van der Waals surface area (Å²) in [6.45, 7) is 3.44. The molecule has 2 rings (SSSR count). The highest BCUT2D eigenvalue weighted by molar-refractivity contribution is 5.78. The summed E-state index contributed by atoms with van der Waals surface area (Å²) in [6, 6.07) is 0.137. The van der Waals surface area contributed by atoms with Crippen molar-refractivity contribution in [1.82, 2.24) is 14.9 Å². The van der Waals surface area contributed by atoms with Gasteiger partial charge in [-0.25, -0.2) is 4.98 Å². The molecular formula is C11H18N4O. The molecule has 0 bridgehead atoms. The van der Waals surface area contributed by atoms with Gasteiger partial charge in [-0.2, -0.15) is 0 Å². The molecule has 1 saturated heterocycles. The zero-order valence-electron chi connectivity index (χ0n) is 9.57. The van der Waals surface area contributed by atoms with Crippen molar-refractivity contribution in [2.75, 3.05) is 13.1 Å². The minimum atomic E-state index is 0.130. The van der Waals surface area contributed by atoms with E-state index in [0.29, 0.717) is 13.0 Å². The maximum absolute atomic E-state index is 12.0. The first kappa shape index (κ1) is 11.1. The normalized spacial score (nSPS) is 21.1. The predicted octanol–water partition coefficient (Wildman–Crippen LogP) is 0.210. The zero-order valence-corrected chi connectivity index (χ0v) is 9.57. The van der Waals surface area contributed by atoms with E-state index in [9.17, 15) is 4.79 Å². The van der Waals surface area contributed by atoms with Crippen LogP contribution < -0.4 is 5.73 Å². The Kier molecular flexibility index (Phi) is 3.24. The summed E-state index contributed by atoms with van der Waals surface area (Å²) in [5, 5.41) is 0. The average Bonchev–Trinajstić information content (AvgIpc) is 2.64.